The van der Waals surface area contributed by atoms with E-state index in [1.165, 1.54) is 54.6 Å². The first kappa shape index (κ1) is 25.7. The molecule has 0 spiro atoms. The fraction of sp³-hybridized carbons (Fsp3) is 0.0465. The minimum atomic E-state index is 0.111. The van der Waals surface area contributed by atoms with Gasteiger partial charge in [-0.15, -0.1) is 0 Å². The highest BCUT2D eigenvalue weighted by Gasteiger charge is 2.35. The summed E-state index contributed by atoms with van der Waals surface area (Å²) in [4.78, 5) is 7.56. The summed E-state index contributed by atoms with van der Waals surface area (Å²) in [6, 6.07) is 53.1. The summed E-state index contributed by atoms with van der Waals surface area (Å²) in [6.07, 6.45) is 8.72. The number of anilines is 1. The van der Waals surface area contributed by atoms with Crippen molar-refractivity contribution in [2.24, 2.45) is 4.99 Å². The first-order valence-corrected chi connectivity index (χ1v) is 15.6. The summed E-state index contributed by atoms with van der Waals surface area (Å²) >= 11 is 0. The van der Waals surface area contributed by atoms with Gasteiger partial charge in [-0.05, 0) is 66.7 Å². The van der Waals surface area contributed by atoms with Gasteiger partial charge in [-0.3, -0.25) is 4.99 Å². The first-order valence-electron chi connectivity index (χ1n) is 15.6. The molecule has 2 heteroatoms. The van der Waals surface area contributed by atoms with Crippen LogP contribution in [0.25, 0.3) is 54.6 Å². The Morgan fingerprint density at radius 3 is 1.73 bits per heavy atom. The normalized spacial score (nSPS) is 17.2. The SMILES string of the molecule is C1=CC2N=C(c3ccccc3)N(c3ccc(-c4c5ccccc5c(-c5cccc6ccccc56)c5ccccc45)cc3)C2C=C1. The van der Waals surface area contributed by atoms with E-state index >= 15 is 0 Å². The Labute approximate surface area is 262 Å². The number of amidine groups is 1. The molecule has 45 heavy (non-hydrogen) atoms. The Morgan fingerprint density at radius 1 is 0.444 bits per heavy atom. The number of nitrogens with zero attached hydrogens (tertiary/aromatic N) is 2. The van der Waals surface area contributed by atoms with E-state index in [0.29, 0.717) is 0 Å². The van der Waals surface area contributed by atoms with Gasteiger partial charge in [0.15, 0.2) is 0 Å². The van der Waals surface area contributed by atoms with E-state index in [1.54, 1.807) is 0 Å². The van der Waals surface area contributed by atoms with Crippen LogP contribution in [0, 0.1) is 0 Å². The third-order valence-electron chi connectivity index (χ3n) is 9.33. The molecule has 2 atom stereocenters. The van der Waals surface area contributed by atoms with Gasteiger partial charge in [-0.1, -0.05) is 158 Å². The molecule has 1 heterocycles. The van der Waals surface area contributed by atoms with Crippen LogP contribution < -0.4 is 4.90 Å². The fourth-order valence-corrected chi connectivity index (χ4v) is 7.34. The molecule has 212 valence electrons. The maximum atomic E-state index is 5.17. The average molecular weight is 575 g/mol. The molecule has 2 unspecified atom stereocenters. The van der Waals surface area contributed by atoms with Crippen LogP contribution in [0.2, 0.25) is 0 Å². The summed E-state index contributed by atoms with van der Waals surface area (Å²) in [6.45, 7) is 0. The van der Waals surface area contributed by atoms with E-state index in [4.69, 9.17) is 4.99 Å². The lowest BCUT2D eigenvalue weighted by molar-refractivity contribution is 0.739. The molecular formula is C43H30N2. The maximum absolute atomic E-state index is 5.17. The quantitative estimate of drug-likeness (QED) is 0.191. The van der Waals surface area contributed by atoms with Gasteiger partial charge >= 0.3 is 0 Å². The van der Waals surface area contributed by atoms with Crippen molar-refractivity contribution in [3.05, 3.63) is 175 Å². The lowest BCUT2D eigenvalue weighted by atomic mass is 9.84. The zero-order valence-corrected chi connectivity index (χ0v) is 24.7. The van der Waals surface area contributed by atoms with Gasteiger partial charge in [0.05, 0.1) is 12.1 Å². The van der Waals surface area contributed by atoms with Crippen molar-refractivity contribution in [2.45, 2.75) is 12.1 Å². The molecular weight excluding hydrogens is 544 g/mol. The second kappa shape index (κ2) is 10.5. The predicted molar refractivity (Wildman–Crippen MR) is 191 cm³/mol. The number of aliphatic imine (C=N–C) groups is 1. The van der Waals surface area contributed by atoms with Crippen LogP contribution in [0.1, 0.15) is 5.56 Å². The van der Waals surface area contributed by atoms with E-state index in [1.807, 2.05) is 0 Å². The van der Waals surface area contributed by atoms with E-state index in [-0.39, 0.29) is 12.1 Å². The molecule has 0 radical (unpaired) electrons. The van der Waals surface area contributed by atoms with Crippen LogP contribution in [0.15, 0.2) is 175 Å². The standard InChI is InChI=1S/C43H30N2/c1-2-14-31(15-3-1)43-44-39-23-10-11-24-40(39)45(43)32-27-25-30(26-28-32)41-35-18-6-8-20-37(35)42(38-21-9-7-19-36(38)41)34-22-12-16-29-13-4-5-17-33(29)34/h1-28,39-40H. The molecule has 7 aromatic rings. The van der Waals surface area contributed by atoms with E-state index in [2.05, 4.69) is 175 Å². The molecule has 0 amide bonds. The van der Waals surface area contributed by atoms with Crippen molar-refractivity contribution in [3.63, 3.8) is 0 Å². The van der Waals surface area contributed by atoms with Gasteiger partial charge < -0.3 is 4.90 Å². The van der Waals surface area contributed by atoms with Crippen LogP contribution >= 0.6 is 0 Å². The second-order valence-electron chi connectivity index (χ2n) is 11.9. The highest BCUT2D eigenvalue weighted by molar-refractivity contribution is 6.23. The molecule has 9 rings (SSSR count). The molecule has 7 aromatic carbocycles. The van der Waals surface area contributed by atoms with Crippen molar-refractivity contribution < 1.29 is 0 Å². The van der Waals surface area contributed by atoms with Crippen LogP contribution in [-0.4, -0.2) is 17.9 Å². The molecule has 0 saturated carbocycles. The summed E-state index contributed by atoms with van der Waals surface area (Å²) in [5.74, 6) is 1.02. The molecule has 2 aliphatic rings. The van der Waals surface area contributed by atoms with Crippen molar-refractivity contribution >= 4 is 43.8 Å². The fourth-order valence-electron chi connectivity index (χ4n) is 7.34. The van der Waals surface area contributed by atoms with E-state index < -0.39 is 0 Å². The molecule has 0 bridgehead atoms. The number of allylic oxidation sites excluding steroid dienone is 2. The summed E-state index contributed by atoms with van der Waals surface area (Å²) in [5.41, 5.74) is 7.33. The number of rotatable bonds is 4. The van der Waals surface area contributed by atoms with Crippen LogP contribution in [0.5, 0.6) is 0 Å². The van der Waals surface area contributed by atoms with E-state index in [0.717, 1.165) is 17.1 Å². The van der Waals surface area contributed by atoms with Crippen LogP contribution in [-0.2, 0) is 0 Å². The zero-order valence-electron chi connectivity index (χ0n) is 24.7. The van der Waals surface area contributed by atoms with Crippen molar-refractivity contribution in [1.82, 2.24) is 0 Å². The summed E-state index contributed by atoms with van der Waals surface area (Å²) in [7, 11) is 0. The maximum Gasteiger partial charge on any atom is 0.136 e. The number of fused-ring (bicyclic) bond motifs is 4. The zero-order chi connectivity index (χ0) is 29.7. The van der Waals surface area contributed by atoms with Gasteiger partial charge in [-0.2, -0.15) is 0 Å². The highest BCUT2D eigenvalue weighted by Crippen LogP contribution is 2.45. The lowest BCUT2D eigenvalue weighted by Gasteiger charge is -2.29. The predicted octanol–water partition coefficient (Wildman–Crippen LogP) is 10.6. The van der Waals surface area contributed by atoms with E-state index in [9.17, 15) is 0 Å². The van der Waals surface area contributed by atoms with Gasteiger partial charge in [0, 0.05) is 11.3 Å². The Bertz CT molecular complexity index is 2270. The van der Waals surface area contributed by atoms with Crippen molar-refractivity contribution in [1.29, 1.82) is 0 Å². The number of hydrogen-bond acceptors (Lipinski definition) is 2. The topological polar surface area (TPSA) is 15.6 Å². The van der Waals surface area contributed by atoms with Gasteiger partial charge in [0.1, 0.15) is 5.84 Å². The van der Waals surface area contributed by atoms with Crippen LogP contribution in [0.3, 0.4) is 0 Å². The molecule has 1 aliphatic heterocycles. The van der Waals surface area contributed by atoms with Crippen LogP contribution in [0.4, 0.5) is 5.69 Å². The largest absolute Gasteiger partial charge is 0.317 e. The van der Waals surface area contributed by atoms with Gasteiger partial charge in [-0.25, -0.2) is 0 Å². The Balaban J connectivity index is 1.23. The molecule has 0 N–H and O–H groups in total. The molecule has 2 nitrogen and oxygen atoms in total. The Kier molecular flexibility index (Phi) is 5.99. The minimum Gasteiger partial charge on any atom is -0.317 e. The third kappa shape index (κ3) is 4.14. The smallest absolute Gasteiger partial charge is 0.136 e. The number of benzene rings is 7. The van der Waals surface area contributed by atoms with Gasteiger partial charge in [0.25, 0.3) is 0 Å². The van der Waals surface area contributed by atoms with Crippen molar-refractivity contribution in [3.8, 4) is 22.3 Å². The third-order valence-corrected chi connectivity index (χ3v) is 9.33. The summed E-state index contributed by atoms with van der Waals surface area (Å²) < 4.78 is 0. The summed E-state index contributed by atoms with van der Waals surface area (Å²) in [5, 5.41) is 7.60. The first-order chi connectivity index (χ1) is 22.3. The molecule has 0 fully saturated rings. The second-order valence-corrected chi connectivity index (χ2v) is 11.9. The Morgan fingerprint density at radius 2 is 1.02 bits per heavy atom. The monoisotopic (exact) mass is 574 g/mol. The number of hydrogen-bond donors (Lipinski definition) is 0. The lowest BCUT2D eigenvalue weighted by Crippen LogP contribution is -2.39. The minimum absolute atomic E-state index is 0.111. The molecule has 1 aliphatic carbocycles. The average Bonchev–Trinajstić information content (AvgIpc) is 3.51. The molecule has 0 saturated heterocycles. The molecule has 0 aromatic heterocycles. The highest BCUT2D eigenvalue weighted by atomic mass is 15.3. The van der Waals surface area contributed by atoms with Crippen molar-refractivity contribution in [2.75, 3.05) is 4.90 Å². The Hall–Kier alpha value is -5.73. The van der Waals surface area contributed by atoms with Gasteiger partial charge in [0.2, 0.25) is 0 Å².